The van der Waals surface area contributed by atoms with Gasteiger partial charge in [0, 0.05) is 16.7 Å². The molecule has 128 valence electrons. The second kappa shape index (κ2) is 6.89. The smallest absolute Gasteiger partial charge is 0.254 e. The van der Waals surface area contributed by atoms with Crippen LogP contribution in [0.1, 0.15) is 37.0 Å². The maximum atomic E-state index is 12.9. The van der Waals surface area contributed by atoms with E-state index in [2.05, 4.69) is 10.1 Å². The van der Waals surface area contributed by atoms with E-state index in [9.17, 15) is 4.79 Å². The van der Waals surface area contributed by atoms with Crippen LogP contribution in [0.15, 0.2) is 65.2 Å². The number of hydrogen-bond acceptors (Lipinski definition) is 4. The van der Waals surface area contributed by atoms with Crippen molar-refractivity contribution in [2.75, 3.05) is 0 Å². The molecule has 2 aromatic carbocycles. The Labute approximate surface area is 147 Å². The Morgan fingerprint density at radius 2 is 1.60 bits per heavy atom. The molecule has 5 heteroatoms. The molecule has 25 heavy (non-hydrogen) atoms. The second-order valence-corrected chi connectivity index (χ2v) is 6.81. The van der Waals surface area contributed by atoms with Gasteiger partial charge in [0.25, 0.3) is 5.91 Å². The normalized spacial score (nSPS) is 11.3. The number of nitrogens with zero attached hydrogens (tertiary/aromatic N) is 3. The van der Waals surface area contributed by atoms with Crippen LogP contribution in [-0.2, 0) is 6.54 Å². The molecule has 0 bridgehead atoms. The van der Waals surface area contributed by atoms with Crippen molar-refractivity contribution in [2.24, 2.45) is 0 Å². The van der Waals surface area contributed by atoms with E-state index in [-0.39, 0.29) is 18.0 Å². The number of rotatable bonds is 4. The fourth-order valence-corrected chi connectivity index (χ4v) is 2.51. The summed E-state index contributed by atoms with van der Waals surface area (Å²) in [6.07, 6.45) is 0. The molecule has 0 aliphatic rings. The summed E-state index contributed by atoms with van der Waals surface area (Å²) in [5.74, 6) is 0.877. The maximum Gasteiger partial charge on any atom is 0.254 e. The molecule has 0 saturated carbocycles. The van der Waals surface area contributed by atoms with Crippen molar-refractivity contribution in [3.05, 3.63) is 72.1 Å². The molecule has 3 aromatic rings. The van der Waals surface area contributed by atoms with E-state index >= 15 is 0 Å². The summed E-state index contributed by atoms with van der Waals surface area (Å²) in [6, 6.07) is 18.8. The molecule has 1 amide bonds. The third-order valence-electron chi connectivity index (χ3n) is 3.87. The van der Waals surface area contributed by atoms with Gasteiger partial charge in [-0.1, -0.05) is 53.7 Å². The standard InChI is InChI=1S/C20H21N3O2/c1-20(2,3)23(19(24)16-12-8-5-9-13-16)14-17-21-18(22-25-17)15-10-6-4-7-11-15/h4-13H,14H2,1-3H3. The molecule has 1 aromatic heterocycles. The van der Waals surface area contributed by atoms with E-state index in [0.29, 0.717) is 17.3 Å². The topological polar surface area (TPSA) is 59.2 Å². The molecule has 0 saturated heterocycles. The number of benzene rings is 2. The molecule has 0 aliphatic heterocycles. The molecule has 0 radical (unpaired) electrons. The van der Waals surface area contributed by atoms with Gasteiger partial charge in [-0.25, -0.2) is 0 Å². The summed E-state index contributed by atoms with van der Waals surface area (Å²) >= 11 is 0. The Bertz CT molecular complexity index is 836. The lowest BCUT2D eigenvalue weighted by molar-refractivity contribution is 0.0526. The van der Waals surface area contributed by atoms with Crippen LogP contribution in [0.25, 0.3) is 11.4 Å². The molecule has 0 unspecified atom stereocenters. The third-order valence-corrected chi connectivity index (χ3v) is 3.87. The van der Waals surface area contributed by atoms with Crippen LogP contribution >= 0.6 is 0 Å². The monoisotopic (exact) mass is 335 g/mol. The van der Waals surface area contributed by atoms with Crippen LogP contribution in [-0.4, -0.2) is 26.5 Å². The van der Waals surface area contributed by atoms with Crippen molar-refractivity contribution in [1.29, 1.82) is 0 Å². The van der Waals surface area contributed by atoms with Crippen molar-refractivity contribution < 1.29 is 9.32 Å². The summed E-state index contributed by atoms with van der Waals surface area (Å²) in [4.78, 5) is 19.1. The molecule has 0 aliphatic carbocycles. The molecule has 0 atom stereocenters. The highest BCUT2D eigenvalue weighted by Gasteiger charge is 2.29. The van der Waals surface area contributed by atoms with E-state index in [0.717, 1.165) is 5.56 Å². The van der Waals surface area contributed by atoms with Gasteiger partial charge in [-0.05, 0) is 32.9 Å². The molecule has 0 fully saturated rings. The van der Waals surface area contributed by atoms with Crippen LogP contribution in [0, 0.1) is 0 Å². The van der Waals surface area contributed by atoms with Crippen molar-refractivity contribution in [3.63, 3.8) is 0 Å². The van der Waals surface area contributed by atoms with Gasteiger partial charge in [0.1, 0.15) is 6.54 Å². The van der Waals surface area contributed by atoms with Crippen LogP contribution in [0.2, 0.25) is 0 Å². The van der Waals surface area contributed by atoms with Gasteiger partial charge in [0.2, 0.25) is 11.7 Å². The Balaban J connectivity index is 1.85. The van der Waals surface area contributed by atoms with Gasteiger partial charge >= 0.3 is 0 Å². The highest BCUT2D eigenvalue weighted by atomic mass is 16.5. The van der Waals surface area contributed by atoms with E-state index < -0.39 is 0 Å². The Morgan fingerprint density at radius 1 is 1.00 bits per heavy atom. The summed E-state index contributed by atoms with van der Waals surface area (Å²) in [5, 5.41) is 4.03. The van der Waals surface area contributed by atoms with Crippen LogP contribution < -0.4 is 0 Å². The maximum absolute atomic E-state index is 12.9. The number of hydrogen-bond donors (Lipinski definition) is 0. The molecule has 5 nitrogen and oxygen atoms in total. The number of amides is 1. The fourth-order valence-electron chi connectivity index (χ4n) is 2.51. The van der Waals surface area contributed by atoms with Gasteiger partial charge in [0.05, 0.1) is 0 Å². The first kappa shape index (κ1) is 16.9. The quantitative estimate of drug-likeness (QED) is 0.718. The molecule has 0 spiro atoms. The van der Waals surface area contributed by atoms with E-state index in [1.807, 2.05) is 81.4 Å². The van der Waals surface area contributed by atoms with Crippen LogP contribution in [0.3, 0.4) is 0 Å². The average molecular weight is 335 g/mol. The van der Waals surface area contributed by atoms with Gasteiger partial charge in [-0.2, -0.15) is 4.98 Å². The Morgan fingerprint density at radius 3 is 2.20 bits per heavy atom. The van der Waals surface area contributed by atoms with Crippen molar-refractivity contribution >= 4 is 5.91 Å². The van der Waals surface area contributed by atoms with E-state index in [1.165, 1.54) is 0 Å². The summed E-state index contributed by atoms with van der Waals surface area (Å²) in [7, 11) is 0. The predicted octanol–water partition coefficient (Wildman–Crippen LogP) is 4.18. The minimum absolute atomic E-state index is 0.0624. The molecular weight excluding hydrogens is 314 g/mol. The van der Waals surface area contributed by atoms with Crippen molar-refractivity contribution in [1.82, 2.24) is 15.0 Å². The lowest BCUT2D eigenvalue weighted by Gasteiger charge is -2.34. The predicted molar refractivity (Wildman–Crippen MR) is 95.8 cm³/mol. The summed E-state index contributed by atoms with van der Waals surface area (Å²) in [6.45, 7) is 6.23. The van der Waals surface area contributed by atoms with E-state index in [4.69, 9.17) is 4.52 Å². The third kappa shape index (κ3) is 3.94. The number of aromatic nitrogens is 2. The average Bonchev–Trinajstić information content (AvgIpc) is 3.08. The Kier molecular flexibility index (Phi) is 4.65. The minimum atomic E-state index is -0.381. The van der Waals surface area contributed by atoms with Crippen LogP contribution in [0.5, 0.6) is 0 Å². The highest BCUT2D eigenvalue weighted by molar-refractivity contribution is 5.94. The van der Waals surface area contributed by atoms with Gasteiger partial charge in [-0.15, -0.1) is 0 Å². The lowest BCUT2D eigenvalue weighted by atomic mass is 10.0. The zero-order chi connectivity index (χ0) is 17.9. The first-order valence-corrected chi connectivity index (χ1v) is 8.20. The van der Waals surface area contributed by atoms with Crippen molar-refractivity contribution in [3.8, 4) is 11.4 Å². The lowest BCUT2D eigenvalue weighted by Crippen LogP contribution is -2.45. The highest BCUT2D eigenvalue weighted by Crippen LogP contribution is 2.22. The number of carbonyl (C=O) groups is 1. The summed E-state index contributed by atoms with van der Waals surface area (Å²) < 4.78 is 5.38. The van der Waals surface area contributed by atoms with Crippen molar-refractivity contribution in [2.45, 2.75) is 32.9 Å². The van der Waals surface area contributed by atoms with E-state index in [1.54, 1.807) is 4.90 Å². The first-order valence-electron chi connectivity index (χ1n) is 8.20. The van der Waals surface area contributed by atoms with Crippen LogP contribution in [0.4, 0.5) is 0 Å². The SMILES string of the molecule is CC(C)(C)N(Cc1nc(-c2ccccc2)no1)C(=O)c1ccccc1. The van der Waals surface area contributed by atoms with Gasteiger partial charge in [-0.3, -0.25) is 4.79 Å². The molecular formula is C20H21N3O2. The first-order chi connectivity index (χ1) is 11.9. The fraction of sp³-hybridized carbons (Fsp3) is 0.250. The molecule has 0 N–H and O–H groups in total. The van der Waals surface area contributed by atoms with Gasteiger partial charge in [0.15, 0.2) is 0 Å². The largest absolute Gasteiger partial charge is 0.337 e. The zero-order valence-electron chi connectivity index (χ0n) is 14.6. The minimum Gasteiger partial charge on any atom is -0.337 e. The van der Waals surface area contributed by atoms with Gasteiger partial charge < -0.3 is 9.42 Å². The summed E-state index contributed by atoms with van der Waals surface area (Å²) in [5.41, 5.74) is 1.14. The zero-order valence-corrected chi connectivity index (χ0v) is 14.6. The molecule has 3 rings (SSSR count). The Hall–Kier alpha value is -2.95. The second-order valence-electron chi connectivity index (χ2n) is 6.81. The molecule has 1 heterocycles. The number of carbonyl (C=O) groups excluding carboxylic acids is 1.